The number of anilines is 1. The standard InChI is InChI=1S/C18H28N4O4S/c1-3-19-27(24,25)17-14-15(18(23)22-10-12-26-13-11-22)4-5-16(17)21-8-6-20(2)7-9-21/h4-5,14,19H,3,6-13H2,1-2H3. The number of hydrogen-bond acceptors (Lipinski definition) is 6. The maximum absolute atomic E-state index is 12.8. The molecule has 0 bridgehead atoms. The third-order valence-electron chi connectivity index (χ3n) is 4.97. The second kappa shape index (κ2) is 8.55. The highest BCUT2D eigenvalue weighted by Gasteiger charge is 2.26. The molecule has 2 fully saturated rings. The van der Waals surface area contributed by atoms with E-state index < -0.39 is 10.0 Å². The summed E-state index contributed by atoms with van der Waals surface area (Å²) in [6, 6.07) is 5.02. The van der Waals surface area contributed by atoms with Gasteiger partial charge in [0.05, 0.1) is 18.9 Å². The summed E-state index contributed by atoms with van der Waals surface area (Å²) in [6.45, 7) is 7.35. The summed E-state index contributed by atoms with van der Waals surface area (Å²) in [5.74, 6) is -0.156. The van der Waals surface area contributed by atoms with Crippen LogP contribution in [0.5, 0.6) is 0 Å². The Kier molecular flexibility index (Phi) is 6.36. The Labute approximate surface area is 161 Å². The quantitative estimate of drug-likeness (QED) is 0.766. The van der Waals surface area contributed by atoms with Crippen molar-refractivity contribution in [2.45, 2.75) is 11.8 Å². The van der Waals surface area contributed by atoms with E-state index in [1.54, 1.807) is 24.0 Å². The van der Waals surface area contributed by atoms with E-state index in [4.69, 9.17) is 4.74 Å². The van der Waals surface area contributed by atoms with E-state index in [2.05, 4.69) is 21.6 Å². The monoisotopic (exact) mass is 396 g/mol. The van der Waals surface area contributed by atoms with Gasteiger partial charge in [0.1, 0.15) is 4.90 Å². The molecular weight excluding hydrogens is 368 g/mol. The lowest BCUT2D eigenvalue weighted by Gasteiger charge is -2.35. The van der Waals surface area contributed by atoms with Gasteiger partial charge in [0.15, 0.2) is 0 Å². The predicted octanol–water partition coefficient (Wildman–Crippen LogP) is 0.209. The fourth-order valence-corrected chi connectivity index (χ4v) is 4.68. The van der Waals surface area contributed by atoms with E-state index in [1.165, 1.54) is 6.07 Å². The Morgan fingerprint density at radius 3 is 2.41 bits per heavy atom. The Bertz CT molecular complexity index is 770. The van der Waals surface area contributed by atoms with E-state index in [0.29, 0.717) is 44.1 Å². The largest absolute Gasteiger partial charge is 0.378 e. The van der Waals surface area contributed by atoms with Gasteiger partial charge in [-0.05, 0) is 25.2 Å². The minimum atomic E-state index is -3.69. The number of nitrogens with one attached hydrogen (secondary N) is 1. The summed E-state index contributed by atoms with van der Waals surface area (Å²) < 4.78 is 33.5. The number of benzene rings is 1. The molecule has 0 aliphatic carbocycles. The van der Waals surface area contributed by atoms with Gasteiger partial charge in [-0.25, -0.2) is 13.1 Å². The molecule has 2 heterocycles. The number of amides is 1. The molecular formula is C18H28N4O4S. The SMILES string of the molecule is CCNS(=O)(=O)c1cc(C(=O)N2CCOCC2)ccc1N1CCN(C)CC1. The Balaban J connectivity index is 1.95. The van der Waals surface area contributed by atoms with Crippen molar-refractivity contribution in [3.05, 3.63) is 23.8 Å². The molecule has 0 saturated carbocycles. The minimum absolute atomic E-state index is 0.156. The van der Waals surface area contributed by atoms with Crippen LogP contribution >= 0.6 is 0 Å². The minimum Gasteiger partial charge on any atom is -0.378 e. The Morgan fingerprint density at radius 2 is 1.78 bits per heavy atom. The van der Waals surface area contributed by atoms with Crippen molar-refractivity contribution in [3.8, 4) is 0 Å². The first-order valence-corrected chi connectivity index (χ1v) is 10.8. The van der Waals surface area contributed by atoms with Crippen LogP contribution in [0.4, 0.5) is 5.69 Å². The van der Waals surface area contributed by atoms with Gasteiger partial charge in [-0.15, -0.1) is 0 Å². The molecule has 1 aromatic carbocycles. The molecule has 2 saturated heterocycles. The molecule has 8 nitrogen and oxygen atoms in total. The van der Waals surface area contributed by atoms with Gasteiger partial charge in [0.2, 0.25) is 10.0 Å². The van der Waals surface area contributed by atoms with Gasteiger partial charge in [-0.2, -0.15) is 0 Å². The van der Waals surface area contributed by atoms with Crippen molar-refractivity contribution >= 4 is 21.6 Å². The number of carbonyl (C=O) groups excluding carboxylic acids is 1. The van der Waals surface area contributed by atoms with Crippen molar-refractivity contribution in [1.82, 2.24) is 14.5 Å². The second-order valence-electron chi connectivity index (χ2n) is 6.88. The van der Waals surface area contributed by atoms with Gasteiger partial charge < -0.3 is 19.4 Å². The molecule has 0 spiro atoms. The number of carbonyl (C=O) groups is 1. The average Bonchev–Trinajstić information content (AvgIpc) is 2.68. The molecule has 2 aliphatic heterocycles. The van der Waals surface area contributed by atoms with E-state index in [-0.39, 0.29) is 10.8 Å². The van der Waals surface area contributed by atoms with Crippen LogP contribution < -0.4 is 9.62 Å². The van der Waals surface area contributed by atoms with E-state index in [0.717, 1.165) is 26.2 Å². The van der Waals surface area contributed by atoms with Crippen molar-refractivity contribution in [2.24, 2.45) is 0 Å². The second-order valence-corrected chi connectivity index (χ2v) is 8.61. The first-order valence-electron chi connectivity index (χ1n) is 9.36. The molecule has 0 atom stereocenters. The number of nitrogens with zero attached hydrogens (tertiary/aromatic N) is 3. The lowest BCUT2D eigenvalue weighted by atomic mass is 10.1. The fraction of sp³-hybridized carbons (Fsp3) is 0.611. The van der Waals surface area contributed by atoms with Crippen LogP contribution in [0.25, 0.3) is 0 Å². The third kappa shape index (κ3) is 4.60. The van der Waals surface area contributed by atoms with Crippen molar-refractivity contribution in [1.29, 1.82) is 0 Å². The highest BCUT2D eigenvalue weighted by Crippen LogP contribution is 2.28. The predicted molar refractivity (Wildman–Crippen MR) is 104 cm³/mol. The number of piperazine rings is 1. The number of hydrogen-bond donors (Lipinski definition) is 1. The molecule has 9 heteroatoms. The molecule has 2 aliphatic rings. The summed E-state index contributed by atoms with van der Waals surface area (Å²) in [7, 11) is -1.64. The molecule has 150 valence electrons. The van der Waals surface area contributed by atoms with Crippen LogP contribution in [-0.4, -0.2) is 90.2 Å². The van der Waals surface area contributed by atoms with E-state index >= 15 is 0 Å². The molecule has 3 rings (SSSR count). The third-order valence-corrected chi connectivity index (χ3v) is 6.55. The van der Waals surface area contributed by atoms with Crippen LogP contribution in [-0.2, 0) is 14.8 Å². The van der Waals surface area contributed by atoms with Gasteiger partial charge >= 0.3 is 0 Å². The topological polar surface area (TPSA) is 82.2 Å². The fourth-order valence-electron chi connectivity index (χ4n) is 3.39. The smallest absolute Gasteiger partial charge is 0.254 e. The number of likely N-dealkylation sites (N-methyl/N-ethyl adjacent to an activating group) is 1. The lowest BCUT2D eigenvalue weighted by Crippen LogP contribution is -2.45. The van der Waals surface area contributed by atoms with Gasteiger partial charge in [-0.1, -0.05) is 6.92 Å². The number of rotatable bonds is 5. The summed E-state index contributed by atoms with van der Waals surface area (Å²) in [6.07, 6.45) is 0. The van der Waals surface area contributed by atoms with Crippen LogP contribution in [0.2, 0.25) is 0 Å². The van der Waals surface area contributed by atoms with Crippen LogP contribution in [0.15, 0.2) is 23.1 Å². The highest BCUT2D eigenvalue weighted by atomic mass is 32.2. The molecule has 1 aromatic rings. The zero-order chi connectivity index (χ0) is 19.4. The van der Waals surface area contributed by atoms with Crippen LogP contribution in [0.3, 0.4) is 0 Å². The molecule has 1 amide bonds. The van der Waals surface area contributed by atoms with Crippen molar-refractivity contribution in [3.63, 3.8) is 0 Å². The zero-order valence-corrected chi connectivity index (χ0v) is 16.8. The number of ether oxygens (including phenoxy) is 1. The summed E-state index contributed by atoms with van der Waals surface area (Å²) in [4.78, 5) is 19.0. The van der Waals surface area contributed by atoms with Gasteiger partial charge in [0.25, 0.3) is 5.91 Å². The van der Waals surface area contributed by atoms with Gasteiger partial charge in [-0.3, -0.25) is 4.79 Å². The molecule has 0 radical (unpaired) electrons. The Morgan fingerprint density at radius 1 is 1.11 bits per heavy atom. The summed E-state index contributed by atoms with van der Waals surface area (Å²) >= 11 is 0. The maximum atomic E-state index is 12.8. The molecule has 27 heavy (non-hydrogen) atoms. The molecule has 0 aromatic heterocycles. The van der Waals surface area contributed by atoms with E-state index in [9.17, 15) is 13.2 Å². The summed E-state index contributed by atoms with van der Waals surface area (Å²) in [5.41, 5.74) is 1.05. The first-order chi connectivity index (χ1) is 12.9. The normalized spacial score (nSPS) is 19.3. The van der Waals surface area contributed by atoms with Gasteiger partial charge in [0, 0.05) is 51.4 Å². The number of morpholine rings is 1. The average molecular weight is 397 g/mol. The maximum Gasteiger partial charge on any atom is 0.254 e. The lowest BCUT2D eigenvalue weighted by molar-refractivity contribution is 0.0302. The van der Waals surface area contributed by atoms with Crippen molar-refractivity contribution in [2.75, 3.05) is 71.0 Å². The zero-order valence-electron chi connectivity index (χ0n) is 16.0. The molecule has 0 unspecified atom stereocenters. The Hall–Kier alpha value is -1.68. The number of sulfonamides is 1. The van der Waals surface area contributed by atoms with Crippen LogP contribution in [0.1, 0.15) is 17.3 Å². The van der Waals surface area contributed by atoms with Crippen LogP contribution in [0, 0.1) is 0 Å². The van der Waals surface area contributed by atoms with Crippen molar-refractivity contribution < 1.29 is 17.9 Å². The first kappa shape index (κ1) is 20.1. The highest BCUT2D eigenvalue weighted by molar-refractivity contribution is 7.89. The molecule has 1 N–H and O–H groups in total. The summed E-state index contributed by atoms with van der Waals surface area (Å²) in [5, 5.41) is 0. The van der Waals surface area contributed by atoms with E-state index in [1.807, 2.05) is 0 Å².